The second-order valence-electron chi connectivity index (χ2n) is 5.08. The summed E-state index contributed by atoms with van der Waals surface area (Å²) in [6, 6.07) is 11.7. The topological polar surface area (TPSA) is 35.8 Å². The molecule has 17 heavy (non-hydrogen) atoms. The van der Waals surface area contributed by atoms with Crippen LogP contribution in [0.15, 0.2) is 24.3 Å². The number of nitrogens with zero attached hydrogens (tertiary/aromatic N) is 1. The number of nitriles is 1. The second kappa shape index (κ2) is 5.33. The SMILES string of the molecule is Cc1cccc([C@H](C)NC2CCCC2C#N)c1. The minimum Gasteiger partial charge on any atom is -0.306 e. The lowest BCUT2D eigenvalue weighted by molar-refractivity contribution is 0.417. The largest absolute Gasteiger partial charge is 0.306 e. The van der Waals surface area contributed by atoms with Crippen LogP contribution in [0.25, 0.3) is 0 Å². The first-order chi connectivity index (χ1) is 8.20. The standard InChI is InChI=1S/C15H20N2/c1-11-5-3-6-13(9-11)12(2)17-15-8-4-7-14(15)10-16/h3,5-6,9,12,14-15,17H,4,7-8H2,1-2H3/t12-,14?,15?/m0/s1. The van der Waals surface area contributed by atoms with Crippen molar-refractivity contribution in [2.24, 2.45) is 5.92 Å². The fourth-order valence-electron chi connectivity index (χ4n) is 2.67. The Morgan fingerprint density at radius 2 is 2.24 bits per heavy atom. The van der Waals surface area contributed by atoms with Crippen LogP contribution in [0.2, 0.25) is 0 Å². The van der Waals surface area contributed by atoms with Gasteiger partial charge >= 0.3 is 0 Å². The van der Waals surface area contributed by atoms with E-state index in [1.807, 2.05) is 0 Å². The summed E-state index contributed by atoms with van der Waals surface area (Å²) >= 11 is 0. The van der Waals surface area contributed by atoms with Gasteiger partial charge in [-0.1, -0.05) is 36.2 Å². The highest BCUT2D eigenvalue weighted by Gasteiger charge is 2.28. The first kappa shape index (κ1) is 12.1. The Morgan fingerprint density at radius 3 is 2.94 bits per heavy atom. The van der Waals surface area contributed by atoms with Crippen LogP contribution in [0.5, 0.6) is 0 Å². The van der Waals surface area contributed by atoms with Crippen molar-refractivity contribution in [1.29, 1.82) is 5.26 Å². The Bertz CT molecular complexity index is 419. The molecule has 1 aromatic carbocycles. The summed E-state index contributed by atoms with van der Waals surface area (Å²) in [6.45, 7) is 4.30. The highest BCUT2D eigenvalue weighted by molar-refractivity contribution is 5.24. The highest BCUT2D eigenvalue weighted by Crippen LogP contribution is 2.27. The molecule has 2 nitrogen and oxygen atoms in total. The maximum atomic E-state index is 9.07. The molecule has 0 bridgehead atoms. The second-order valence-corrected chi connectivity index (χ2v) is 5.08. The lowest BCUT2D eigenvalue weighted by atomic mass is 10.0. The predicted octanol–water partition coefficient (Wildman–Crippen LogP) is 3.34. The zero-order chi connectivity index (χ0) is 12.3. The van der Waals surface area contributed by atoms with Crippen LogP contribution >= 0.6 is 0 Å². The molecule has 2 unspecified atom stereocenters. The summed E-state index contributed by atoms with van der Waals surface area (Å²) in [5.41, 5.74) is 2.60. The highest BCUT2D eigenvalue weighted by atomic mass is 15.0. The van der Waals surface area contributed by atoms with E-state index >= 15 is 0 Å². The third-order valence-electron chi connectivity index (χ3n) is 3.69. The molecule has 0 aromatic heterocycles. The van der Waals surface area contributed by atoms with Gasteiger partial charge in [0, 0.05) is 12.1 Å². The number of benzene rings is 1. The Labute approximate surface area is 104 Å². The third kappa shape index (κ3) is 2.87. The van der Waals surface area contributed by atoms with Crippen LogP contribution in [-0.4, -0.2) is 6.04 Å². The van der Waals surface area contributed by atoms with Crippen molar-refractivity contribution in [3.63, 3.8) is 0 Å². The first-order valence-electron chi connectivity index (χ1n) is 6.43. The normalized spacial score (nSPS) is 25.5. The Hall–Kier alpha value is -1.33. The fraction of sp³-hybridized carbons (Fsp3) is 0.533. The van der Waals surface area contributed by atoms with E-state index in [1.165, 1.54) is 17.5 Å². The van der Waals surface area contributed by atoms with Crippen LogP contribution in [0, 0.1) is 24.2 Å². The van der Waals surface area contributed by atoms with Gasteiger partial charge in [0.25, 0.3) is 0 Å². The number of hydrogen-bond donors (Lipinski definition) is 1. The molecular weight excluding hydrogens is 208 g/mol. The molecule has 0 radical (unpaired) electrons. The maximum Gasteiger partial charge on any atom is 0.0672 e. The van der Waals surface area contributed by atoms with Gasteiger partial charge in [0.05, 0.1) is 12.0 Å². The van der Waals surface area contributed by atoms with Gasteiger partial charge in [-0.05, 0) is 32.3 Å². The van der Waals surface area contributed by atoms with E-state index in [0.29, 0.717) is 12.1 Å². The smallest absolute Gasteiger partial charge is 0.0672 e. The van der Waals surface area contributed by atoms with E-state index in [4.69, 9.17) is 5.26 Å². The van der Waals surface area contributed by atoms with Crippen molar-refractivity contribution in [2.75, 3.05) is 0 Å². The van der Waals surface area contributed by atoms with Crippen LogP contribution in [0.1, 0.15) is 43.4 Å². The zero-order valence-corrected chi connectivity index (χ0v) is 10.6. The summed E-state index contributed by atoms with van der Waals surface area (Å²) in [5.74, 6) is 0.197. The molecule has 0 saturated heterocycles. The molecule has 2 heteroatoms. The Kier molecular flexibility index (Phi) is 3.81. The van der Waals surface area contributed by atoms with Gasteiger partial charge in [-0.15, -0.1) is 0 Å². The van der Waals surface area contributed by atoms with Crippen molar-refractivity contribution in [3.8, 4) is 6.07 Å². The third-order valence-corrected chi connectivity index (χ3v) is 3.69. The molecule has 1 fully saturated rings. The zero-order valence-electron chi connectivity index (χ0n) is 10.6. The number of aryl methyl sites for hydroxylation is 1. The molecule has 2 rings (SSSR count). The summed E-state index contributed by atoms with van der Waals surface area (Å²) in [5, 5.41) is 12.7. The molecule has 90 valence electrons. The summed E-state index contributed by atoms with van der Waals surface area (Å²) in [4.78, 5) is 0. The average molecular weight is 228 g/mol. The molecule has 1 N–H and O–H groups in total. The first-order valence-corrected chi connectivity index (χ1v) is 6.43. The molecule has 0 amide bonds. The van der Waals surface area contributed by atoms with Crippen LogP contribution in [0.4, 0.5) is 0 Å². The maximum absolute atomic E-state index is 9.07. The predicted molar refractivity (Wildman–Crippen MR) is 69.5 cm³/mol. The molecule has 0 heterocycles. The van der Waals surface area contributed by atoms with Gasteiger partial charge in [0.15, 0.2) is 0 Å². The molecule has 3 atom stereocenters. The van der Waals surface area contributed by atoms with Crippen LogP contribution in [0.3, 0.4) is 0 Å². The lowest BCUT2D eigenvalue weighted by Gasteiger charge is -2.22. The van der Waals surface area contributed by atoms with E-state index < -0.39 is 0 Å². The molecule has 0 spiro atoms. The number of rotatable bonds is 3. The molecule has 1 aromatic rings. The minimum absolute atomic E-state index is 0.197. The van der Waals surface area contributed by atoms with E-state index in [9.17, 15) is 0 Å². The number of nitrogens with one attached hydrogen (secondary N) is 1. The van der Waals surface area contributed by atoms with Crippen molar-refractivity contribution >= 4 is 0 Å². The number of hydrogen-bond acceptors (Lipinski definition) is 2. The van der Waals surface area contributed by atoms with Crippen molar-refractivity contribution in [2.45, 2.75) is 45.2 Å². The van der Waals surface area contributed by atoms with Gasteiger partial charge in [-0.2, -0.15) is 5.26 Å². The van der Waals surface area contributed by atoms with E-state index in [-0.39, 0.29) is 5.92 Å². The van der Waals surface area contributed by atoms with Gasteiger partial charge in [-0.25, -0.2) is 0 Å². The molecule has 1 aliphatic rings. The minimum atomic E-state index is 0.197. The van der Waals surface area contributed by atoms with Crippen molar-refractivity contribution in [3.05, 3.63) is 35.4 Å². The van der Waals surface area contributed by atoms with Gasteiger partial charge in [0.2, 0.25) is 0 Å². The molecular formula is C15H20N2. The lowest BCUT2D eigenvalue weighted by Crippen LogP contribution is -2.33. The fourth-order valence-corrected chi connectivity index (χ4v) is 2.67. The van der Waals surface area contributed by atoms with E-state index in [2.05, 4.69) is 49.5 Å². The summed E-state index contributed by atoms with van der Waals surface area (Å²) in [7, 11) is 0. The van der Waals surface area contributed by atoms with Gasteiger partial charge in [0.1, 0.15) is 0 Å². The van der Waals surface area contributed by atoms with E-state index in [0.717, 1.165) is 12.8 Å². The van der Waals surface area contributed by atoms with Crippen LogP contribution in [-0.2, 0) is 0 Å². The van der Waals surface area contributed by atoms with Crippen LogP contribution < -0.4 is 5.32 Å². The Morgan fingerprint density at radius 1 is 1.41 bits per heavy atom. The van der Waals surface area contributed by atoms with E-state index in [1.54, 1.807) is 0 Å². The van der Waals surface area contributed by atoms with Gasteiger partial charge in [-0.3, -0.25) is 0 Å². The summed E-state index contributed by atoms with van der Waals surface area (Å²) in [6.07, 6.45) is 3.36. The molecule has 1 saturated carbocycles. The van der Waals surface area contributed by atoms with Gasteiger partial charge < -0.3 is 5.32 Å². The molecule has 0 aliphatic heterocycles. The van der Waals surface area contributed by atoms with Crippen molar-refractivity contribution in [1.82, 2.24) is 5.32 Å². The average Bonchev–Trinajstić information content (AvgIpc) is 2.76. The quantitative estimate of drug-likeness (QED) is 0.861. The Balaban J connectivity index is 2.02. The summed E-state index contributed by atoms with van der Waals surface area (Å²) < 4.78 is 0. The molecule has 1 aliphatic carbocycles. The monoisotopic (exact) mass is 228 g/mol. The van der Waals surface area contributed by atoms with Crippen molar-refractivity contribution < 1.29 is 0 Å².